The Labute approximate surface area is 140 Å². The van der Waals surface area contributed by atoms with Crippen molar-refractivity contribution in [2.45, 2.75) is 50.8 Å². The van der Waals surface area contributed by atoms with Crippen molar-refractivity contribution in [3.8, 4) is 0 Å². The van der Waals surface area contributed by atoms with Gasteiger partial charge in [-0.2, -0.15) is 5.10 Å². The second-order valence-electron chi connectivity index (χ2n) is 6.41. The molecule has 0 spiro atoms. The Morgan fingerprint density at radius 2 is 2.08 bits per heavy atom. The van der Waals surface area contributed by atoms with Gasteiger partial charge in [-0.3, -0.25) is 4.79 Å². The minimum atomic E-state index is -0.0177. The van der Waals surface area contributed by atoms with E-state index in [1.165, 1.54) is 0 Å². The van der Waals surface area contributed by atoms with E-state index in [0.717, 1.165) is 55.8 Å². The van der Waals surface area contributed by atoms with Gasteiger partial charge >= 0.3 is 0 Å². The van der Waals surface area contributed by atoms with Gasteiger partial charge in [-0.1, -0.05) is 0 Å². The van der Waals surface area contributed by atoms with Gasteiger partial charge in [-0.25, -0.2) is 14.6 Å². The van der Waals surface area contributed by atoms with Gasteiger partial charge in [0.15, 0.2) is 0 Å². The van der Waals surface area contributed by atoms with Crippen LogP contribution in [0.2, 0.25) is 0 Å². The lowest BCUT2D eigenvalue weighted by Crippen LogP contribution is -2.33. The van der Waals surface area contributed by atoms with Gasteiger partial charge in [0.05, 0.1) is 24.9 Å². The molecule has 7 heteroatoms. The highest BCUT2D eigenvalue weighted by molar-refractivity contribution is 5.47. The summed E-state index contributed by atoms with van der Waals surface area (Å²) < 4.78 is 7.17. The fraction of sp³-hybridized carbons (Fsp3) is 0.529. The molecular weight excluding hydrogens is 306 g/mol. The number of hydrogen-bond acceptors (Lipinski definition) is 6. The molecule has 1 aliphatic heterocycles. The molecule has 0 amide bonds. The predicted molar refractivity (Wildman–Crippen MR) is 88.8 cm³/mol. The van der Waals surface area contributed by atoms with Crippen LogP contribution in [0.3, 0.4) is 0 Å². The summed E-state index contributed by atoms with van der Waals surface area (Å²) >= 11 is 0. The molecule has 1 N–H and O–H groups in total. The third-order valence-electron chi connectivity index (χ3n) is 4.89. The standard InChI is InChI=1S/C17H21N5O2/c23-16-2-1-8-20-22(16)13-5-3-12(4-6-13)21-17-14-10-24-9-7-15(14)18-11-19-17/h1-2,8,11-13H,3-7,9-10H2,(H,18,19,21). The van der Waals surface area contributed by atoms with Crippen molar-refractivity contribution in [2.75, 3.05) is 11.9 Å². The second kappa shape index (κ2) is 6.68. The normalized spacial score (nSPS) is 23.5. The van der Waals surface area contributed by atoms with Crippen molar-refractivity contribution in [1.82, 2.24) is 19.7 Å². The van der Waals surface area contributed by atoms with Gasteiger partial charge in [0.2, 0.25) is 0 Å². The lowest BCUT2D eigenvalue weighted by Gasteiger charge is -2.30. The largest absolute Gasteiger partial charge is 0.376 e. The summed E-state index contributed by atoms with van der Waals surface area (Å²) in [6, 6.07) is 3.82. The van der Waals surface area contributed by atoms with E-state index in [2.05, 4.69) is 20.4 Å². The van der Waals surface area contributed by atoms with E-state index in [0.29, 0.717) is 12.6 Å². The first-order valence-electron chi connectivity index (χ1n) is 8.52. The summed E-state index contributed by atoms with van der Waals surface area (Å²) in [5.41, 5.74) is 2.16. The first-order valence-corrected chi connectivity index (χ1v) is 8.52. The maximum atomic E-state index is 11.9. The van der Waals surface area contributed by atoms with Crippen molar-refractivity contribution < 1.29 is 4.74 Å². The molecule has 2 aromatic rings. The average molecular weight is 327 g/mol. The molecule has 0 atom stereocenters. The fourth-order valence-electron chi connectivity index (χ4n) is 3.58. The second-order valence-corrected chi connectivity index (χ2v) is 6.41. The van der Waals surface area contributed by atoms with E-state index in [1.54, 1.807) is 29.3 Å². The first-order chi connectivity index (χ1) is 11.8. The van der Waals surface area contributed by atoms with Crippen molar-refractivity contribution in [3.63, 3.8) is 0 Å². The molecule has 24 heavy (non-hydrogen) atoms. The number of rotatable bonds is 3. The van der Waals surface area contributed by atoms with Crippen LogP contribution < -0.4 is 10.9 Å². The van der Waals surface area contributed by atoms with Crippen molar-refractivity contribution in [1.29, 1.82) is 0 Å². The van der Waals surface area contributed by atoms with Crippen LogP contribution in [0.5, 0.6) is 0 Å². The zero-order valence-electron chi connectivity index (χ0n) is 13.5. The Morgan fingerprint density at radius 3 is 2.92 bits per heavy atom. The lowest BCUT2D eigenvalue weighted by atomic mass is 9.91. The van der Waals surface area contributed by atoms with Crippen molar-refractivity contribution >= 4 is 5.82 Å². The zero-order valence-corrected chi connectivity index (χ0v) is 13.5. The van der Waals surface area contributed by atoms with E-state index < -0.39 is 0 Å². The lowest BCUT2D eigenvalue weighted by molar-refractivity contribution is 0.109. The number of hydrogen-bond donors (Lipinski definition) is 1. The summed E-state index contributed by atoms with van der Waals surface area (Å²) in [6.07, 6.45) is 8.03. The predicted octanol–water partition coefficient (Wildman–Crippen LogP) is 1.70. The summed E-state index contributed by atoms with van der Waals surface area (Å²) in [5.74, 6) is 0.901. The monoisotopic (exact) mass is 327 g/mol. The maximum absolute atomic E-state index is 11.9. The van der Waals surface area contributed by atoms with Crippen LogP contribution in [0, 0.1) is 0 Å². The molecule has 1 saturated carbocycles. The van der Waals surface area contributed by atoms with Gasteiger partial charge in [-0.05, 0) is 31.7 Å². The summed E-state index contributed by atoms with van der Waals surface area (Å²) in [5, 5.41) is 7.77. The quantitative estimate of drug-likeness (QED) is 0.924. The molecule has 0 radical (unpaired) electrons. The zero-order chi connectivity index (χ0) is 16.4. The highest BCUT2D eigenvalue weighted by atomic mass is 16.5. The molecule has 2 aliphatic rings. The smallest absolute Gasteiger partial charge is 0.266 e. The van der Waals surface area contributed by atoms with Gasteiger partial charge in [0, 0.05) is 30.3 Å². The van der Waals surface area contributed by atoms with E-state index in [-0.39, 0.29) is 11.6 Å². The molecule has 126 valence electrons. The van der Waals surface area contributed by atoms with Crippen LogP contribution in [0.4, 0.5) is 5.82 Å². The molecule has 1 fully saturated rings. The highest BCUT2D eigenvalue weighted by Gasteiger charge is 2.25. The third-order valence-corrected chi connectivity index (χ3v) is 4.89. The van der Waals surface area contributed by atoms with Crippen LogP contribution in [-0.4, -0.2) is 32.4 Å². The van der Waals surface area contributed by atoms with Crippen molar-refractivity contribution in [2.24, 2.45) is 0 Å². The van der Waals surface area contributed by atoms with E-state index in [9.17, 15) is 4.79 Å². The van der Waals surface area contributed by atoms with Gasteiger partial charge in [0.25, 0.3) is 5.56 Å². The molecule has 2 aromatic heterocycles. The SMILES string of the molecule is O=c1cccnn1C1CCC(Nc2ncnc3c2COCC3)CC1. The van der Waals surface area contributed by atoms with Gasteiger partial charge in [0.1, 0.15) is 12.1 Å². The summed E-state index contributed by atoms with van der Waals surface area (Å²) in [6.45, 7) is 1.31. The molecule has 3 heterocycles. The van der Waals surface area contributed by atoms with Crippen molar-refractivity contribution in [3.05, 3.63) is 46.3 Å². The topological polar surface area (TPSA) is 81.9 Å². The number of nitrogens with one attached hydrogen (secondary N) is 1. The fourth-order valence-corrected chi connectivity index (χ4v) is 3.58. The molecule has 4 rings (SSSR count). The highest BCUT2D eigenvalue weighted by Crippen LogP contribution is 2.30. The van der Waals surface area contributed by atoms with E-state index in [4.69, 9.17) is 4.74 Å². The van der Waals surface area contributed by atoms with E-state index in [1.807, 2.05) is 0 Å². The summed E-state index contributed by atoms with van der Waals surface area (Å²) in [4.78, 5) is 20.7. The van der Waals surface area contributed by atoms with Crippen LogP contribution in [0.25, 0.3) is 0 Å². The molecule has 7 nitrogen and oxygen atoms in total. The molecule has 0 bridgehead atoms. The molecule has 0 saturated heterocycles. The number of anilines is 1. The minimum Gasteiger partial charge on any atom is -0.376 e. The van der Waals surface area contributed by atoms with Crippen LogP contribution >= 0.6 is 0 Å². The molecule has 1 aliphatic carbocycles. The Balaban J connectivity index is 1.42. The number of nitrogens with zero attached hydrogens (tertiary/aromatic N) is 4. The average Bonchev–Trinajstić information content (AvgIpc) is 2.63. The Bertz CT molecular complexity index is 768. The Kier molecular flexibility index (Phi) is 4.25. The number of fused-ring (bicyclic) bond motifs is 1. The van der Waals surface area contributed by atoms with Crippen LogP contribution in [-0.2, 0) is 17.8 Å². The Hall–Kier alpha value is -2.28. The van der Waals surface area contributed by atoms with Crippen LogP contribution in [0.1, 0.15) is 43.0 Å². The maximum Gasteiger partial charge on any atom is 0.266 e. The molecule has 0 unspecified atom stereocenters. The summed E-state index contributed by atoms with van der Waals surface area (Å²) in [7, 11) is 0. The molecular formula is C17H21N5O2. The van der Waals surface area contributed by atoms with E-state index >= 15 is 0 Å². The van der Waals surface area contributed by atoms with Crippen LogP contribution in [0.15, 0.2) is 29.5 Å². The number of aromatic nitrogens is 4. The third kappa shape index (κ3) is 3.03. The molecule has 0 aromatic carbocycles. The first kappa shape index (κ1) is 15.3. The Morgan fingerprint density at radius 1 is 1.21 bits per heavy atom. The minimum absolute atomic E-state index is 0.0177. The van der Waals surface area contributed by atoms with Gasteiger partial charge < -0.3 is 10.1 Å². The van der Waals surface area contributed by atoms with Gasteiger partial charge in [-0.15, -0.1) is 0 Å². The number of ether oxygens (including phenoxy) is 1.